The quantitative estimate of drug-likeness (QED) is 0.593. The van der Waals surface area contributed by atoms with Crippen LogP contribution in [0.5, 0.6) is 5.75 Å². The molecule has 10 heteroatoms. The lowest BCUT2D eigenvalue weighted by Gasteiger charge is -2.45. The van der Waals surface area contributed by atoms with Crippen molar-refractivity contribution in [1.29, 1.82) is 0 Å². The summed E-state index contributed by atoms with van der Waals surface area (Å²) in [6.07, 6.45) is 4.49. The third-order valence-corrected chi connectivity index (χ3v) is 5.81. The van der Waals surface area contributed by atoms with Gasteiger partial charge in [-0.1, -0.05) is 6.07 Å². The molecule has 2 saturated heterocycles. The maximum atomic E-state index is 14.9. The van der Waals surface area contributed by atoms with Crippen LogP contribution in [-0.4, -0.2) is 75.0 Å². The van der Waals surface area contributed by atoms with E-state index in [1.807, 2.05) is 6.07 Å². The topological polar surface area (TPSA) is 112 Å². The van der Waals surface area contributed by atoms with Crippen molar-refractivity contribution in [2.75, 3.05) is 25.2 Å². The molecule has 3 aromatic rings. The largest absolute Gasteiger partial charge is 0.507 e. The lowest BCUT2D eigenvalue weighted by molar-refractivity contribution is -0.0176. The van der Waals surface area contributed by atoms with E-state index in [-0.39, 0.29) is 23.9 Å². The Kier molecular flexibility index (Phi) is 4.80. The number of phenols is 1. The third-order valence-electron chi connectivity index (χ3n) is 5.81. The first-order valence-corrected chi connectivity index (χ1v) is 9.83. The van der Waals surface area contributed by atoms with Crippen LogP contribution in [0.4, 0.5) is 10.3 Å². The highest BCUT2D eigenvalue weighted by atomic mass is 19.1. The fourth-order valence-electron chi connectivity index (χ4n) is 4.16. The van der Waals surface area contributed by atoms with E-state index >= 15 is 0 Å². The molecule has 0 spiro atoms. The molecule has 2 aromatic heterocycles. The first kappa shape index (κ1) is 18.9. The maximum absolute atomic E-state index is 14.9. The molecule has 2 fully saturated rings. The van der Waals surface area contributed by atoms with Gasteiger partial charge in [0.25, 0.3) is 0 Å². The summed E-state index contributed by atoms with van der Waals surface area (Å²) in [7, 11) is 1.78. The second-order valence-electron chi connectivity index (χ2n) is 7.73. The number of rotatable bonds is 4. The number of aromatic amines is 1. The number of morpholine rings is 1. The molecular weight excluding hydrogens is 389 g/mol. The fourth-order valence-corrected chi connectivity index (χ4v) is 4.16. The Bertz CT molecular complexity index is 1010. The molecule has 4 atom stereocenters. The van der Waals surface area contributed by atoms with Crippen LogP contribution in [0.1, 0.15) is 6.42 Å². The van der Waals surface area contributed by atoms with E-state index in [2.05, 4.69) is 30.7 Å². The maximum Gasteiger partial charge on any atom is 0.245 e. The van der Waals surface area contributed by atoms with E-state index in [0.717, 1.165) is 11.1 Å². The Morgan fingerprint density at radius 2 is 2.10 bits per heavy atom. The average Bonchev–Trinajstić information content (AvgIpc) is 3.31. The zero-order valence-corrected chi connectivity index (χ0v) is 16.4. The number of halogens is 1. The van der Waals surface area contributed by atoms with Crippen molar-refractivity contribution in [3.8, 4) is 28.1 Å². The molecule has 2 aliphatic rings. The van der Waals surface area contributed by atoms with Crippen molar-refractivity contribution in [3.05, 3.63) is 36.8 Å². The van der Waals surface area contributed by atoms with E-state index in [1.54, 1.807) is 42.7 Å². The van der Waals surface area contributed by atoms with Gasteiger partial charge in [-0.3, -0.25) is 5.10 Å². The van der Waals surface area contributed by atoms with Crippen molar-refractivity contribution in [1.82, 2.24) is 30.7 Å². The molecule has 2 bridgehead atoms. The van der Waals surface area contributed by atoms with E-state index in [1.165, 1.54) is 0 Å². The van der Waals surface area contributed by atoms with E-state index in [0.29, 0.717) is 36.8 Å². The molecule has 9 nitrogen and oxygen atoms in total. The highest BCUT2D eigenvalue weighted by molar-refractivity contribution is 5.73. The Morgan fingerprint density at radius 3 is 2.83 bits per heavy atom. The van der Waals surface area contributed by atoms with Crippen molar-refractivity contribution < 1.29 is 14.2 Å². The molecule has 3 N–H and O–H groups in total. The van der Waals surface area contributed by atoms with Gasteiger partial charge < -0.3 is 20.1 Å². The smallest absolute Gasteiger partial charge is 0.245 e. The molecule has 4 heterocycles. The number of phenolic OH excluding ortho intramolecular Hbond substituents is 1. The Labute approximate surface area is 172 Å². The molecule has 0 amide bonds. The van der Waals surface area contributed by atoms with Crippen LogP contribution in [0.25, 0.3) is 22.4 Å². The lowest BCUT2D eigenvalue weighted by Crippen LogP contribution is -2.65. The number of anilines is 1. The summed E-state index contributed by atoms with van der Waals surface area (Å²) in [5.74, 6) is 0.419. The number of aromatic hydroxyl groups is 1. The van der Waals surface area contributed by atoms with Crippen LogP contribution >= 0.6 is 0 Å². The molecule has 30 heavy (non-hydrogen) atoms. The van der Waals surface area contributed by atoms with Crippen molar-refractivity contribution >= 4 is 5.95 Å². The van der Waals surface area contributed by atoms with Crippen LogP contribution in [0, 0.1) is 0 Å². The summed E-state index contributed by atoms with van der Waals surface area (Å²) >= 11 is 0. The molecule has 5 rings (SSSR count). The second-order valence-corrected chi connectivity index (χ2v) is 7.73. The van der Waals surface area contributed by atoms with Gasteiger partial charge in [0.05, 0.1) is 37.7 Å². The number of benzene rings is 1. The molecule has 1 aromatic carbocycles. The van der Waals surface area contributed by atoms with Crippen molar-refractivity contribution in [2.24, 2.45) is 0 Å². The number of hydrogen-bond acceptors (Lipinski definition) is 8. The van der Waals surface area contributed by atoms with Crippen molar-refractivity contribution in [3.63, 3.8) is 0 Å². The zero-order chi connectivity index (χ0) is 20.7. The van der Waals surface area contributed by atoms with E-state index < -0.39 is 6.17 Å². The van der Waals surface area contributed by atoms with Gasteiger partial charge in [0.1, 0.15) is 17.6 Å². The van der Waals surface area contributed by atoms with Gasteiger partial charge >= 0.3 is 0 Å². The predicted octanol–water partition coefficient (Wildman–Crippen LogP) is 1.54. The lowest BCUT2D eigenvalue weighted by atomic mass is 9.90. The fraction of sp³-hybridized carbons (Fsp3) is 0.400. The standard InChI is InChI=1S/C20H22FN7O2/c1-28(17-5-13-9-30-10-16(25-13)19(17)21)20-22-8-15(26-27-20)14-3-2-11(4-18(14)29)12-6-23-24-7-12/h2-4,6-8,13,16-17,19,25,29H,5,9-10H2,1H3,(H,23,24)/t13-,16-,17-,19+/m0/s1. The van der Waals surface area contributed by atoms with Gasteiger partial charge in [0.15, 0.2) is 0 Å². The second kappa shape index (κ2) is 7.62. The average molecular weight is 411 g/mol. The van der Waals surface area contributed by atoms with Crippen LogP contribution in [-0.2, 0) is 4.74 Å². The third kappa shape index (κ3) is 3.37. The van der Waals surface area contributed by atoms with Gasteiger partial charge in [0, 0.05) is 30.4 Å². The minimum atomic E-state index is -1.09. The summed E-state index contributed by atoms with van der Waals surface area (Å²) in [6, 6.07) is 4.74. The van der Waals surface area contributed by atoms with Crippen LogP contribution in [0.2, 0.25) is 0 Å². The highest BCUT2D eigenvalue weighted by Gasteiger charge is 2.42. The summed E-state index contributed by atoms with van der Waals surface area (Å²) in [4.78, 5) is 6.13. The number of alkyl halides is 1. The summed E-state index contributed by atoms with van der Waals surface area (Å²) in [5, 5.41) is 28.8. The number of piperidine rings is 1. The number of aromatic nitrogens is 5. The molecular formula is C20H22FN7O2. The summed E-state index contributed by atoms with van der Waals surface area (Å²) < 4.78 is 20.4. The highest BCUT2D eigenvalue weighted by Crippen LogP contribution is 2.32. The van der Waals surface area contributed by atoms with Crippen LogP contribution in [0.15, 0.2) is 36.8 Å². The predicted molar refractivity (Wildman–Crippen MR) is 108 cm³/mol. The minimum absolute atomic E-state index is 0.0703. The van der Waals surface area contributed by atoms with Gasteiger partial charge in [0.2, 0.25) is 5.95 Å². The molecule has 156 valence electrons. The minimum Gasteiger partial charge on any atom is -0.507 e. The number of hydrogen-bond donors (Lipinski definition) is 3. The Morgan fingerprint density at radius 1 is 1.20 bits per heavy atom. The van der Waals surface area contributed by atoms with Crippen LogP contribution in [0.3, 0.4) is 0 Å². The summed E-state index contributed by atoms with van der Waals surface area (Å²) in [5.41, 5.74) is 2.66. The van der Waals surface area contributed by atoms with Crippen molar-refractivity contribution in [2.45, 2.75) is 30.7 Å². The number of ether oxygens (including phenoxy) is 1. The molecule has 0 saturated carbocycles. The number of nitrogens with zero attached hydrogens (tertiary/aromatic N) is 5. The first-order valence-electron chi connectivity index (χ1n) is 9.83. The molecule has 2 aliphatic heterocycles. The summed E-state index contributed by atoms with van der Waals surface area (Å²) in [6.45, 7) is 0.952. The Balaban J connectivity index is 1.35. The van der Waals surface area contributed by atoms with Gasteiger partial charge in [-0.05, 0) is 24.1 Å². The number of fused-ring (bicyclic) bond motifs is 2. The molecule has 0 radical (unpaired) electrons. The Hall–Kier alpha value is -3.11. The SMILES string of the molecule is CN(c1ncc(-c2ccc(-c3cn[nH]c3)cc2O)nn1)[C@H]1C[C@H]2COC[C@H](N2)[C@H]1F. The van der Waals surface area contributed by atoms with E-state index in [4.69, 9.17) is 4.74 Å². The van der Waals surface area contributed by atoms with Crippen LogP contribution < -0.4 is 10.2 Å². The van der Waals surface area contributed by atoms with Gasteiger partial charge in [-0.2, -0.15) is 5.10 Å². The van der Waals surface area contributed by atoms with E-state index in [9.17, 15) is 9.50 Å². The molecule has 0 unspecified atom stereocenters. The van der Waals surface area contributed by atoms with Gasteiger partial charge in [-0.25, -0.2) is 9.37 Å². The number of nitrogens with one attached hydrogen (secondary N) is 2. The first-order chi connectivity index (χ1) is 14.6. The number of H-pyrrole nitrogens is 1. The monoisotopic (exact) mass is 411 g/mol. The molecule has 0 aliphatic carbocycles. The van der Waals surface area contributed by atoms with Gasteiger partial charge in [-0.15, -0.1) is 10.2 Å². The zero-order valence-electron chi connectivity index (χ0n) is 16.4. The normalized spacial score (nSPS) is 25.8.